The lowest BCUT2D eigenvalue weighted by molar-refractivity contribution is -0.110. The Balaban J connectivity index is 2.11. The van der Waals surface area contributed by atoms with Crippen LogP contribution in [0.4, 0.5) is 5.69 Å². The fourth-order valence-corrected chi connectivity index (χ4v) is 1.95. The van der Waals surface area contributed by atoms with Crippen LogP contribution < -0.4 is 5.32 Å². The summed E-state index contributed by atoms with van der Waals surface area (Å²) in [4.78, 5) is 18.7. The van der Waals surface area contributed by atoms with Gasteiger partial charge in [0.25, 0.3) is 5.91 Å². The average molecular weight is 225 g/mol. The Hall–Kier alpha value is -2.36. The first-order valence-corrected chi connectivity index (χ1v) is 5.36. The highest BCUT2D eigenvalue weighted by molar-refractivity contribution is 6.34. The molecule has 1 amide bonds. The number of imidazole rings is 1. The van der Waals surface area contributed by atoms with E-state index < -0.39 is 0 Å². The minimum Gasteiger partial charge on any atom is -0.345 e. The standard InChI is InChI=1S/C13H11N3O/c1-8-2-3-10-11(5-9-6-14-7-15-9)13(17)16-12(10)4-8/h2-7H,1H3,(H,14,15)(H,16,17)/b11-5-. The molecule has 1 aliphatic rings. The fraction of sp³-hybridized carbons (Fsp3) is 0.0769. The Morgan fingerprint density at radius 3 is 3.00 bits per heavy atom. The van der Waals surface area contributed by atoms with Crippen LogP contribution in [0.5, 0.6) is 0 Å². The highest BCUT2D eigenvalue weighted by Gasteiger charge is 2.23. The molecule has 0 saturated heterocycles. The molecule has 2 heterocycles. The Kier molecular flexibility index (Phi) is 2.08. The molecule has 4 heteroatoms. The molecule has 3 rings (SSSR count). The van der Waals surface area contributed by atoms with Crippen molar-refractivity contribution < 1.29 is 4.79 Å². The van der Waals surface area contributed by atoms with E-state index in [-0.39, 0.29) is 5.91 Å². The Morgan fingerprint density at radius 1 is 1.35 bits per heavy atom. The summed E-state index contributed by atoms with van der Waals surface area (Å²) in [5.74, 6) is -0.0693. The molecule has 2 aromatic rings. The third-order valence-electron chi connectivity index (χ3n) is 2.78. The van der Waals surface area contributed by atoms with E-state index in [1.54, 1.807) is 12.5 Å². The number of carbonyl (C=O) groups is 1. The van der Waals surface area contributed by atoms with Crippen LogP contribution in [0.1, 0.15) is 16.8 Å². The third kappa shape index (κ3) is 1.63. The number of aromatic nitrogens is 2. The molecule has 0 fully saturated rings. The number of H-pyrrole nitrogens is 1. The van der Waals surface area contributed by atoms with Crippen LogP contribution in [0.2, 0.25) is 0 Å². The van der Waals surface area contributed by atoms with Crippen LogP contribution in [-0.4, -0.2) is 15.9 Å². The number of amides is 1. The van der Waals surface area contributed by atoms with Crippen LogP contribution >= 0.6 is 0 Å². The Morgan fingerprint density at radius 2 is 2.24 bits per heavy atom. The fourth-order valence-electron chi connectivity index (χ4n) is 1.95. The molecule has 4 nitrogen and oxygen atoms in total. The van der Waals surface area contributed by atoms with Gasteiger partial charge in [0.2, 0.25) is 0 Å². The van der Waals surface area contributed by atoms with Gasteiger partial charge in [-0.2, -0.15) is 0 Å². The van der Waals surface area contributed by atoms with E-state index in [1.807, 2.05) is 31.2 Å². The number of hydrogen-bond donors (Lipinski definition) is 2. The summed E-state index contributed by atoms with van der Waals surface area (Å²) < 4.78 is 0. The van der Waals surface area contributed by atoms with Gasteiger partial charge in [-0.05, 0) is 24.6 Å². The largest absolute Gasteiger partial charge is 0.345 e. The van der Waals surface area contributed by atoms with Crippen molar-refractivity contribution in [1.82, 2.24) is 9.97 Å². The molecule has 0 unspecified atom stereocenters. The molecule has 0 atom stereocenters. The van der Waals surface area contributed by atoms with Crippen molar-refractivity contribution in [2.75, 3.05) is 5.32 Å². The van der Waals surface area contributed by atoms with E-state index >= 15 is 0 Å². The van der Waals surface area contributed by atoms with Gasteiger partial charge >= 0.3 is 0 Å². The number of nitrogens with one attached hydrogen (secondary N) is 2. The van der Waals surface area contributed by atoms with Crippen molar-refractivity contribution in [2.24, 2.45) is 0 Å². The first-order chi connectivity index (χ1) is 8.24. The van der Waals surface area contributed by atoms with E-state index in [9.17, 15) is 4.79 Å². The van der Waals surface area contributed by atoms with Gasteiger partial charge < -0.3 is 10.3 Å². The van der Waals surface area contributed by atoms with E-state index in [1.165, 1.54) is 0 Å². The third-order valence-corrected chi connectivity index (χ3v) is 2.78. The summed E-state index contributed by atoms with van der Waals surface area (Å²) in [6.45, 7) is 2.00. The molecule has 1 aromatic heterocycles. The number of hydrogen-bond acceptors (Lipinski definition) is 2. The summed E-state index contributed by atoms with van der Waals surface area (Å²) >= 11 is 0. The first kappa shape index (κ1) is 9.84. The Bertz CT molecular complexity index is 612. The van der Waals surface area contributed by atoms with E-state index in [2.05, 4.69) is 15.3 Å². The molecule has 0 aliphatic carbocycles. The zero-order chi connectivity index (χ0) is 11.8. The number of aromatic amines is 1. The summed E-state index contributed by atoms with van der Waals surface area (Å²) in [6, 6.07) is 5.94. The first-order valence-electron chi connectivity index (χ1n) is 5.36. The highest BCUT2D eigenvalue weighted by Crippen LogP contribution is 2.33. The molecule has 0 spiro atoms. The van der Waals surface area contributed by atoms with Crippen LogP contribution in [0.15, 0.2) is 30.7 Å². The molecule has 17 heavy (non-hydrogen) atoms. The number of fused-ring (bicyclic) bond motifs is 1. The second-order valence-electron chi connectivity index (χ2n) is 4.07. The molecule has 0 radical (unpaired) electrons. The Labute approximate surface area is 98.4 Å². The van der Waals surface area contributed by atoms with Crippen molar-refractivity contribution in [3.8, 4) is 0 Å². The van der Waals surface area contributed by atoms with Gasteiger partial charge in [0, 0.05) is 11.3 Å². The van der Waals surface area contributed by atoms with Gasteiger partial charge in [-0.25, -0.2) is 4.98 Å². The van der Waals surface area contributed by atoms with E-state index in [0.29, 0.717) is 5.57 Å². The summed E-state index contributed by atoms with van der Waals surface area (Å²) in [6.07, 6.45) is 5.09. The lowest BCUT2D eigenvalue weighted by Gasteiger charge is -1.99. The molecule has 84 valence electrons. The molecule has 2 N–H and O–H groups in total. The number of aryl methyl sites for hydroxylation is 1. The van der Waals surface area contributed by atoms with E-state index in [0.717, 1.165) is 22.5 Å². The predicted molar refractivity (Wildman–Crippen MR) is 66.3 cm³/mol. The number of nitrogens with zero attached hydrogens (tertiary/aromatic N) is 1. The van der Waals surface area contributed by atoms with Crippen LogP contribution in [0.25, 0.3) is 11.6 Å². The van der Waals surface area contributed by atoms with Gasteiger partial charge in [0.15, 0.2) is 0 Å². The number of benzene rings is 1. The maximum Gasteiger partial charge on any atom is 0.256 e. The molecular formula is C13H11N3O. The monoisotopic (exact) mass is 225 g/mol. The van der Waals surface area contributed by atoms with Crippen LogP contribution in [0, 0.1) is 6.92 Å². The average Bonchev–Trinajstić information content (AvgIpc) is 2.88. The predicted octanol–water partition coefficient (Wildman–Crippen LogP) is 2.21. The molecule has 1 aliphatic heterocycles. The maximum atomic E-state index is 11.9. The highest BCUT2D eigenvalue weighted by atomic mass is 16.2. The SMILES string of the molecule is Cc1ccc2c(c1)NC(=O)/C2=C\c1cnc[nH]1. The number of anilines is 1. The van der Waals surface area contributed by atoms with Crippen LogP contribution in [0.3, 0.4) is 0 Å². The second-order valence-corrected chi connectivity index (χ2v) is 4.07. The topological polar surface area (TPSA) is 57.8 Å². The zero-order valence-corrected chi connectivity index (χ0v) is 9.32. The molecular weight excluding hydrogens is 214 g/mol. The van der Waals surface area contributed by atoms with Crippen molar-refractivity contribution in [2.45, 2.75) is 6.92 Å². The molecule has 1 aromatic carbocycles. The molecule has 0 bridgehead atoms. The molecule has 0 saturated carbocycles. The maximum absolute atomic E-state index is 11.9. The van der Waals surface area contributed by atoms with Crippen molar-refractivity contribution in [3.63, 3.8) is 0 Å². The second kappa shape index (κ2) is 3.59. The van der Waals surface area contributed by atoms with Crippen molar-refractivity contribution >= 4 is 23.2 Å². The minimum absolute atomic E-state index is 0.0693. The van der Waals surface area contributed by atoms with Crippen molar-refractivity contribution in [1.29, 1.82) is 0 Å². The smallest absolute Gasteiger partial charge is 0.256 e. The lowest BCUT2D eigenvalue weighted by Crippen LogP contribution is -2.03. The lowest BCUT2D eigenvalue weighted by atomic mass is 10.0. The van der Waals surface area contributed by atoms with Gasteiger partial charge in [0.05, 0.1) is 23.8 Å². The van der Waals surface area contributed by atoms with Crippen molar-refractivity contribution in [3.05, 3.63) is 47.5 Å². The van der Waals surface area contributed by atoms with Gasteiger partial charge in [-0.3, -0.25) is 4.79 Å². The quantitative estimate of drug-likeness (QED) is 0.731. The van der Waals surface area contributed by atoms with E-state index in [4.69, 9.17) is 0 Å². The normalized spacial score (nSPS) is 16.1. The summed E-state index contributed by atoms with van der Waals surface area (Å²) in [5.41, 5.74) is 4.44. The minimum atomic E-state index is -0.0693. The number of carbonyl (C=O) groups excluding carboxylic acids is 1. The van der Waals surface area contributed by atoms with Crippen LogP contribution in [-0.2, 0) is 4.79 Å². The zero-order valence-electron chi connectivity index (χ0n) is 9.32. The number of rotatable bonds is 1. The van der Waals surface area contributed by atoms with Gasteiger partial charge in [-0.15, -0.1) is 0 Å². The van der Waals surface area contributed by atoms with Gasteiger partial charge in [-0.1, -0.05) is 12.1 Å². The summed E-state index contributed by atoms with van der Waals surface area (Å²) in [7, 11) is 0. The summed E-state index contributed by atoms with van der Waals surface area (Å²) in [5, 5.41) is 2.86. The van der Waals surface area contributed by atoms with Gasteiger partial charge in [0.1, 0.15) is 0 Å².